The van der Waals surface area contributed by atoms with Crippen LogP contribution in [-0.4, -0.2) is 51.2 Å². The average molecular weight is 208 g/mol. The lowest BCUT2D eigenvalue weighted by Gasteiger charge is -2.02. The fourth-order valence-corrected chi connectivity index (χ4v) is 0.522. The van der Waals surface area contributed by atoms with Crippen molar-refractivity contribution in [3.63, 3.8) is 0 Å². The monoisotopic (exact) mass is 208 g/mol. The molecule has 0 rings (SSSR count). The molecular weight excluding hydrogens is 188 g/mol. The van der Waals surface area contributed by atoms with Crippen molar-refractivity contribution in [3.05, 3.63) is 0 Å². The van der Waals surface area contributed by atoms with E-state index in [2.05, 4.69) is 0 Å². The van der Waals surface area contributed by atoms with E-state index in [0.717, 1.165) is 0 Å². The lowest BCUT2D eigenvalue weighted by Crippen LogP contribution is -2.12. The van der Waals surface area contributed by atoms with Crippen LogP contribution < -0.4 is 0 Å². The third-order valence-electron chi connectivity index (χ3n) is 1.03. The Morgan fingerprint density at radius 3 is 2.07 bits per heavy atom. The highest BCUT2D eigenvalue weighted by Gasteiger charge is 1.95. The Kier molecular flexibility index (Phi) is 16.8. The summed E-state index contributed by atoms with van der Waals surface area (Å²) in [6.45, 7) is 5.48. The second-order valence-electron chi connectivity index (χ2n) is 2.05. The van der Waals surface area contributed by atoms with Crippen LogP contribution in [0.4, 0.5) is 0 Å². The van der Waals surface area contributed by atoms with Crippen LogP contribution in [0.1, 0.15) is 13.8 Å². The lowest BCUT2D eigenvalue weighted by atomic mass is 10.7. The first-order chi connectivity index (χ1) is 6.77. The van der Waals surface area contributed by atoms with Gasteiger partial charge in [0.2, 0.25) is 0 Å². The molecule has 0 aliphatic carbocycles. The molecule has 0 aliphatic heterocycles. The zero-order chi connectivity index (χ0) is 11.2. The van der Waals surface area contributed by atoms with Crippen LogP contribution in [0.25, 0.3) is 0 Å². The van der Waals surface area contributed by atoms with Gasteiger partial charge in [-0.05, 0) is 0 Å². The minimum atomic E-state index is -0.966. The normalized spacial score (nSPS) is 9.07. The van der Waals surface area contributed by atoms with Crippen molar-refractivity contribution in [2.45, 2.75) is 13.8 Å². The second kappa shape index (κ2) is 14.9. The summed E-state index contributed by atoms with van der Waals surface area (Å²) >= 11 is 0. The van der Waals surface area contributed by atoms with Crippen molar-refractivity contribution >= 4 is 5.97 Å². The summed E-state index contributed by atoms with van der Waals surface area (Å²) in [6.07, 6.45) is 0. The van der Waals surface area contributed by atoms with Crippen LogP contribution in [-0.2, 0) is 19.0 Å². The van der Waals surface area contributed by atoms with Crippen LogP contribution in [0.5, 0.6) is 0 Å². The fraction of sp³-hybridized carbons (Fsp3) is 0.889. The maximum Gasteiger partial charge on any atom is 0.329 e. The molecule has 0 amide bonds. The minimum absolute atomic E-state index is 0.270. The van der Waals surface area contributed by atoms with Crippen molar-refractivity contribution < 1.29 is 24.1 Å². The van der Waals surface area contributed by atoms with E-state index in [0.29, 0.717) is 26.4 Å². The molecule has 0 aromatic rings. The van der Waals surface area contributed by atoms with Crippen molar-refractivity contribution in [2.75, 3.05) is 40.1 Å². The number of ether oxygens (including phenoxy) is 3. The first kappa shape index (κ1) is 15.8. The van der Waals surface area contributed by atoms with Crippen molar-refractivity contribution in [2.24, 2.45) is 0 Å². The van der Waals surface area contributed by atoms with Gasteiger partial charge in [0.1, 0.15) is 6.61 Å². The van der Waals surface area contributed by atoms with Crippen LogP contribution in [0.15, 0.2) is 0 Å². The summed E-state index contributed by atoms with van der Waals surface area (Å²) in [5.74, 6) is -0.966. The molecule has 1 N–H and O–H groups in total. The summed E-state index contributed by atoms with van der Waals surface area (Å²) in [6, 6.07) is 0. The topological polar surface area (TPSA) is 65.0 Å². The summed E-state index contributed by atoms with van der Waals surface area (Å²) in [5.41, 5.74) is 0. The largest absolute Gasteiger partial charge is 0.480 e. The van der Waals surface area contributed by atoms with Gasteiger partial charge in [-0.25, -0.2) is 4.79 Å². The highest BCUT2D eigenvalue weighted by molar-refractivity contribution is 5.67. The third-order valence-corrected chi connectivity index (χ3v) is 1.03. The maximum atomic E-state index is 9.95. The van der Waals surface area contributed by atoms with E-state index in [1.807, 2.05) is 13.8 Å². The number of carbonyl (C=O) groups is 1. The molecule has 0 fully saturated rings. The lowest BCUT2D eigenvalue weighted by molar-refractivity contribution is -0.142. The molecule has 0 saturated carbocycles. The predicted octanol–water partition coefficient (Wildman–Crippen LogP) is 0.777. The van der Waals surface area contributed by atoms with E-state index < -0.39 is 5.97 Å². The number of hydrogen-bond donors (Lipinski definition) is 1. The van der Waals surface area contributed by atoms with Gasteiger partial charge in [-0.2, -0.15) is 0 Å². The maximum absolute atomic E-state index is 9.95. The molecule has 0 aromatic heterocycles. The molecule has 14 heavy (non-hydrogen) atoms. The third kappa shape index (κ3) is 17.4. The Labute approximate surface area is 85.0 Å². The SMILES string of the molecule is CC.COCCOCCOCC(=O)O. The number of aliphatic carboxylic acids is 1. The molecule has 0 aromatic carbocycles. The van der Waals surface area contributed by atoms with Gasteiger partial charge >= 0.3 is 5.97 Å². The van der Waals surface area contributed by atoms with Gasteiger partial charge in [0.15, 0.2) is 0 Å². The van der Waals surface area contributed by atoms with Crippen LogP contribution in [0.3, 0.4) is 0 Å². The van der Waals surface area contributed by atoms with Gasteiger partial charge in [-0.15, -0.1) is 0 Å². The Bertz CT molecular complexity index is 116. The highest BCUT2D eigenvalue weighted by Crippen LogP contribution is 1.79. The zero-order valence-corrected chi connectivity index (χ0v) is 9.12. The number of carboxylic acid groups (broad SMARTS) is 1. The van der Waals surface area contributed by atoms with E-state index in [1.54, 1.807) is 7.11 Å². The highest BCUT2D eigenvalue weighted by atomic mass is 16.5. The average Bonchev–Trinajstić information content (AvgIpc) is 2.19. The molecule has 0 saturated heterocycles. The molecule has 0 bridgehead atoms. The quantitative estimate of drug-likeness (QED) is 0.597. The number of carboxylic acids is 1. The standard InChI is InChI=1S/C7H14O5.C2H6/c1-10-2-3-11-4-5-12-6-7(8)9;1-2/h2-6H2,1H3,(H,8,9);1-2H3. The number of hydrogen-bond acceptors (Lipinski definition) is 4. The summed E-state index contributed by atoms with van der Waals surface area (Å²) in [4.78, 5) is 9.95. The summed E-state index contributed by atoms with van der Waals surface area (Å²) in [5, 5.41) is 8.17. The molecule has 0 aliphatic rings. The van der Waals surface area contributed by atoms with Crippen LogP contribution >= 0.6 is 0 Å². The van der Waals surface area contributed by atoms with E-state index >= 15 is 0 Å². The van der Waals surface area contributed by atoms with E-state index in [9.17, 15) is 4.79 Å². The smallest absolute Gasteiger partial charge is 0.329 e. The van der Waals surface area contributed by atoms with Gasteiger partial charge in [-0.3, -0.25) is 0 Å². The van der Waals surface area contributed by atoms with Crippen molar-refractivity contribution in [3.8, 4) is 0 Å². The molecule has 0 heterocycles. The molecular formula is C9H20O5. The first-order valence-corrected chi connectivity index (χ1v) is 4.63. The summed E-state index contributed by atoms with van der Waals surface area (Å²) in [7, 11) is 1.59. The van der Waals surface area contributed by atoms with Crippen LogP contribution in [0.2, 0.25) is 0 Å². The molecule has 5 heteroatoms. The van der Waals surface area contributed by atoms with Gasteiger partial charge in [0.05, 0.1) is 26.4 Å². The molecule has 86 valence electrons. The van der Waals surface area contributed by atoms with Crippen LogP contribution in [0, 0.1) is 0 Å². The van der Waals surface area contributed by atoms with E-state index in [4.69, 9.17) is 19.3 Å². The fourth-order valence-electron chi connectivity index (χ4n) is 0.522. The number of methoxy groups -OCH3 is 1. The molecule has 0 atom stereocenters. The Morgan fingerprint density at radius 1 is 1.07 bits per heavy atom. The van der Waals surface area contributed by atoms with Gasteiger partial charge < -0.3 is 19.3 Å². The van der Waals surface area contributed by atoms with E-state index in [-0.39, 0.29) is 6.61 Å². The summed E-state index contributed by atoms with van der Waals surface area (Å²) < 4.78 is 14.4. The number of rotatable bonds is 8. The minimum Gasteiger partial charge on any atom is -0.480 e. The molecule has 0 radical (unpaired) electrons. The molecule has 5 nitrogen and oxygen atoms in total. The van der Waals surface area contributed by atoms with E-state index in [1.165, 1.54) is 0 Å². The Morgan fingerprint density at radius 2 is 1.57 bits per heavy atom. The molecule has 0 unspecified atom stereocenters. The van der Waals surface area contributed by atoms with Crippen molar-refractivity contribution in [1.29, 1.82) is 0 Å². The van der Waals surface area contributed by atoms with Crippen molar-refractivity contribution in [1.82, 2.24) is 0 Å². The van der Waals surface area contributed by atoms with Gasteiger partial charge in [0.25, 0.3) is 0 Å². The predicted molar refractivity (Wildman–Crippen MR) is 52.5 cm³/mol. The zero-order valence-electron chi connectivity index (χ0n) is 9.12. The Hall–Kier alpha value is -0.650. The second-order valence-corrected chi connectivity index (χ2v) is 2.05. The van der Waals surface area contributed by atoms with Gasteiger partial charge in [0, 0.05) is 7.11 Å². The van der Waals surface area contributed by atoms with Gasteiger partial charge in [-0.1, -0.05) is 13.8 Å². The molecule has 0 spiro atoms. The first-order valence-electron chi connectivity index (χ1n) is 4.63. The Balaban J connectivity index is 0.